The average molecular weight is 290 g/mol. The highest BCUT2D eigenvalue weighted by atomic mass is 16.6. The van der Waals surface area contributed by atoms with E-state index < -0.39 is 22.5 Å². The van der Waals surface area contributed by atoms with Gasteiger partial charge in [0.1, 0.15) is 5.75 Å². The molecule has 7 heteroatoms. The Morgan fingerprint density at radius 3 is 2.90 bits per heavy atom. The van der Waals surface area contributed by atoms with Crippen molar-refractivity contribution in [3.8, 4) is 5.75 Å². The number of carbonyl (C=O) groups is 1. The summed E-state index contributed by atoms with van der Waals surface area (Å²) in [5.74, 6) is -0.430. The molecule has 1 amide bonds. The summed E-state index contributed by atoms with van der Waals surface area (Å²) < 4.78 is 5.76. The van der Waals surface area contributed by atoms with Crippen LogP contribution in [0.2, 0.25) is 0 Å². The first kappa shape index (κ1) is 13.4. The molecule has 21 heavy (non-hydrogen) atoms. The number of carbonyl (C=O) groups excluding carboxylic acids is 1. The van der Waals surface area contributed by atoms with Gasteiger partial charge >= 0.3 is 0 Å². The minimum absolute atomic E-state index is 0.0677. The molecule has 2 unspecified atom stereocenters. The van der Waals surface area contributed by atoms with Crippen LogP contribution in [0.25, 0.3) is 0 Å². The predicted molar refractivity (Wildman–Crippen MR) is 73.0 cm³/mol. The summed E-state index contributed by atoms with van der Waals surface area (Å²) in [6, 6.07) is 4.29. The molecule has 0 aromatic heterocycles. The fraction of sp³-hybridized carbons (Fsp3) is 0.357. The Morgan fingerprint density at radius 1 is 1.57 bits per heavy atom. The molecule has 3 rings (SSSR count). The second kappa shape index (κ2) is 4.21. The lowest BCUT2D eigenvalue weighted by Crippen LogP contribution is -2.58. The summed E-state index contributed by atoms with van der Waals surface area (Å²) in [6.45, 7) is 3.18. The second-order valence-corrected chi connectivity index (χ2v) is 5.52. The van der Waals surface area contributed by atoms with E-state index in [1.54, 1.807) is 6.92 Å². The quantitative estimate of drug-likeness (QED) is 0.357. The van der Waals surface area contributed by atoms with E-state index in [-0.39, 0.29) is 17.0 Å². The highest BCUT2D eigenvalue weighted by Gasteiger charge is 2.47. The van der Waals surface area contributed by atoms with Gasteiger partial charge in [0.15, 0.2) is 5.72 Å². The van der Waals surface area contributed by atoms with Crippen molar-refractivity contribution in [1.29, 1.82) is 0 Å². The van der Waals surface area contributed by atoms with E-state index in [1.807, 2.05) is 0 Å². The first-order chi connectivity index (χ1) is 9.81. The maximum Gasteiger partial charge on any atom is 0.269 e. The number of nitrogens with one attached hydrogen (secondary N) is 1. The average Bonchev–Trinajstić information content (AvgIpc) is 2.36. The van der Waals surface area contributed by atoms with Crippen LogP contribution < -0.4 is 10.1 Å². The lowest BCUT2D eigenvalue weighted by atomic mass is 9.78. The first-order valence-corrected chi connectivity index (χ1v) is 6.50. The fourth-order valence-electron chi connectivity index (χ4n) is 3.01. The van der Waals surface area contributed by atoms with Gasteiger partial charge in [-0.1, -0.05) is 0 Å². The number of hydrogen-bond acceptors (Lipinski definition) is 5. The SMILES string of the molecule is CC(O)=C1C(=O)NC2(C)CC1c1cc([N+](=O)[O-])ccc1O2. The van der Waals surface area contributed by atoms with Gasteiger partial charge in [-0.15, -0.1) is 0 Å². The lowest BCUT2D eigenvalue weighted by molar-refractivity contribution is -0.385. The number of rotatable bonds is 1. The van der Waals surface area contributed by atoms with Gasteiger partial charge in [-0.3, -0.25) is 14.9 Å². The number of benzene rings is 1. The minimum atomic E-state index is -0.871. The molecule has 2 heterocycles. The molecule has 1 saturated heterocycles. The summed E-state index contributed by atoms with van der Waals surface area (Å²) in [5.41, 5.74) is -0.150. The number of nitrogens with zero attached hydrogens (tertiary/aromatic N) is 1. The van der Waals surface area contributed by atoms with Crippen molar-refractivity contribution < 1.29 is 19.6 Å². The number of piperidine rings is 1. The van der Waals surface area contributed by atoms with Gasteiger partial charge in [0, 0.05) is 30.0 Å². The molecule has 1 aromatic carbocycles. The number of aliphatic hydroxyl groups excluding tert-OH is 1. The normalized spacial score (nSPS) is 29.0. The largest absolute Gasteiger partial charge is 0.512 e. The number of aliphatic hydroxyl groups is 1. The Bertz CT molecular complexity index is 693. The monoisotopic (exact) mass is 290 g/mol. The van der Waals surface area contributed by atoms with Crippen LogP contribution >= 0.6 is 0 Å². The van der Waals surface area contributed by atoms with Crippen molar-refractivity contribution >= 4 is 11.6 Å². The fourth-order valence-corrected chi connectivity index (χ4v) is 3.01. The molecule has 0 spiro atoms. The van der Waals surface area contributed by atoms with E-state index in [9.17, 15) is 20.0 Å². The maximum atomic E-state index is 12.1. The van der Waals surface area contributed by atoms with Crippen LogP contribution in [0.3, 0.4) is 0 Å². The van der Waals surface area contributed by atoms with E-state index >= 15 is 0 Å². The highest BCUT2D eigenvalue weighted by Crippen LogP contribution is 2.47. The lowest BCUT2D eigenvalue weighted by Gasteiger charge is -2.44. The van der Waals surface area contributed by atoms with Gasteiger partial charge in [-0.2, -0.15) is 0 Å². The Hall–Kier alpha value is -2.57. The standard InChI is InChI=1S/C14H14N2O5/c1-7(17)12-10-6-14(2,15-13(12)18)21-11-4-3-8(16(19)20)5-9(10)11/h3-5,10,17H,6H2,1-2H3,(H,15,18). The third-order valence-corrected chi connectivity index (χ3v) is 3.87. The second-order valence-electron chi connectivity index (χ2n) is 5.52. The third-order valence-electron chi connectivity index (χ3n) is 3.87. The molecule has 2 aliphatic heterocycles. The number of nitro groups is 1. The van der Waals surface area contributed by atoms with Crippen LogP contribution in [-0.2, 0) is 4.79 Å². The van der Waals surface area contributed by atoms with Gasteiger partial charge in [0.2, 0.25) is 0 Å². The molecular weight excluding hydrogens is 276 g/mol. The van der Waals surface area contributed by atoms with Crippen LogP contribution in [0, 0.1) is 10.1 Å². The van der Waals surface area contributed by atoms with Gasteiger partial charge < -0.3 is 15.2 Å². The van der Waals surface area contributed by atoms with Crippen LogP contribution in [0.4, 0.5) is 5.69 Å². The van der Waals surface area contributed by atoms with Crippen molar-refractivity contribution in [2.24, 2.45) is 0 Å². The number of amides is 1. The summed E-state index contributed by atoms with van der Waals surface area (Å²) in [6.07, 6.45) is 0.417. The van der Waals surface area contributed by atoms with Crippen molar-refractivity contribution in [3.63, 3.8) is 0 Å². The number of hydrogen-bond donors (Lipinski definition) is 2. The summed E-state index contributed by atoms with van der Waals surface area (Å²) in [5, 5.41) is 23.4. The first-order valence-electron chi connectivity index (χ1n) is 6.50. The molecule has 1 fully saturated rings. The van der Waals surface area contributed by atoms with Crippen LogP contribution in [0.1, 0.15) is 31.7 Å². The molecule has 1 aromatic rings. The molecule has 0 radical (unpaired) electrons. The van der Waals surface area contributed by atoms with E-state index in [2.05, 4.69) is 5.32 Å². The van der Waals surface area contributed by atoms with E-state index in [0.717, 1.165) is 0 Å². The van der Waals surface area contributed by atoms with Crippen molar-refractivity contribution in [1.82, 2.24) is 5.32 Å². The molecule has 2 aliphatic rings. The number of allylic oxidation sites excluding steroid dienone is 1. The Labute approximate surface area is 120 Å². The molecule has 2 bridgehead atoms. The number of nitro benzene ring substituents is 1. The molecule has 0 saturated carbocycles. The highest BCUT2D eigenvalue weighted by molar-refractivity contribution is 5.97. The van der Waals surface area contributed by atoms with Crippen molar-refractivity contribution in [2.75, 3.05) is 0 Å². The third kappa shape index (κ3) is 2.01. The van der Waals surface area contributed by atoms with Gasteiger partial charge in [0.05, 0.1) is 16.3 Å². The Morgan fingerprint density at radius 2 is 2.29 bits per heavy atom. The summed E-state index contributed by atoms with van der Waals surface area (Å²) >= 11 is 0. The zero-order chi connectivity index (χ0) is 15.4. The molecule has 2 N–H and O–H groups in total. The number of non-ortho nitro benzene ring substituents is 1. The Kier molecular flexibility index (Phi) is 2.69. The van der Waals surface area contributed by atoms with Crippen LogP contribution in [0.5, 0.6) is 5.75 Å². The molecule has 7 nitrogen and oxygen atoms in total. The molecule has 2 atom stereocenters. The zero-order valence-electron chi connectivity index (χ0n) is 11.5. The van der Waals surface area contributed by atoms with E-state index in [0.29, 0.717) is 17.7 Å². The van der Waals surface area contributed by atoms with E-state index in [4.69, 9.17) is 4.74 Å². The minimum Gasteiger partial charge on any atom is -0.512 e. The van der Waals surface area contributed by atoms with Crippen LogP contribution in [-0.4, -0.2) is 21.7 Å². The summed E-state index contributed by atoms with van der Waals surface area (Å²) in [4.78, 5) is 22.6. The van der Waals surface area contributed by atoms with Crippen molar-refractivity contribution in [2.45, 2.75) is 31.9 Å². The van der Waals surface area contributed by atoms with Crippen molar-refractivity contribution in [3.05, 3.63) is 45.2 Å². The zero-order valence-corrected chi connectivity index (χ0v) is 11.5. The smallest absolute Gasteiger partial charge is 0.269 e. The number of ether oxygens (including phenoxy) is 1. The van der Waals surface area contributed by atoms with E-state index in [1.165, 1.54) is 25.1 Å². The number of fused-ring (bicyclic) bond motifs is 4. The van der Waals surface area contributed by atoms with Gasteiger partial charge in [0.25, 0.3) is 11.6 Å². The predicted octanol–water partition coefficient (Wildman–Crippen LogP) is 2.14. The maximum absolute atomic E-state index is 12.1. The topological polar surface area (TPSA) is 102 Å². The summed E-state index contributed by atoms with van der Waals surface area (Å²) in [7, 11) is 0. The van der Waals surface area contributed by atoms with Gasteiger partial charge in [-0.05, 0) is 19.9 Å². The molecule has 0 aliphatic carbocycles. The molecular formula is C14H14N2O5. The van der Waals surface area contributed by atoms with Crippen LogP contribution in [0.15, 0.2) is 29.5 Å². The van der Waals surface area contributed by atoms with Gasteiger partial charge in [-0.25, -0.2) is 0 Å². The molecule has 110 valence electrons. The Balaban J connectivity index is 2.20.